The molecule has 0 saturated heterocycles. The van der Waals surface area contributed by atoms with Crippen molar-refractivity contribution in [1.29, 1.82) is 0 Å². The summed E-state index contributed by atoms with van der Waals surface area (Å²) in [5, 5.41) is 7.42. The number of unbranched alkanes of at least 4 members (excludes halogenated alkanes) is 1. The molecule has 1 heterocycles. The number of rotatable bonds is 7. The van der Waals surface area contributed by atoms with Crippen molar-refractivity contribution in [2.45, 2.75) is 31.6 Å². The molecule has 0 atom stereocenters. The van der Waals surface area contributed by atoms with Crippen molar-refractivity contribution in [3.63, 3.8) is 0 Å². The lowest BCUT2D eigenvalue weighted by Gasteiger charge is -2.09. The van der Waals surface area contributed by atoms with Crippen LogP contribution in [0.25, 0.3) is 5.69 Å². The number of carbonyl (C=O) groups excluding carboxylic acids is 1. The zero-order valence-electron chi connectivity index (χ0n) is 12.7. The van der Waals surface area contributed by atoms with E-state index in [0.29, 0.717) is 24.6 Å². The zero-order valence-corrected chi connectivity index (χ0v) is 12.7. The first-order chi connectivity index (χ1) is 10.8. The van der Waals surface area contributed by atoms with Gasteiger partial charge >= 0.3 is 0 Å². The number of para-hydroxylation sites is 1. The van der Waals surface area contributed by atoms with Crippen LogP contribution in [-0.2, 0) is 0 Å². The molecule has 1 amide bonds. The second-order valence-corrected chi connectivity index (χ2v) is 5.72. The van der Waals surface area contributed by atoms with Crippen LogP contribution in [0.5, 0.6) is 0 Å². The van der Waals surface area contributed by atoms with E-state index < -0.39 is 0 Å². The van der Waals surface area contributed by atoms with Gasteiger partial charge < -0.3 is 11.1 Å². The van der Waals surface area contributed by atoms with Crippen LogP contribution in [0.4, 0.5) is 0 Å². The van der Waals surface area contributed by atoms with Crippen LogP contribution in [0.15, 0.2) is 36.5 Å². The summed E-state index contributed by atoms with van der Waals surface area (Å²) >= 11 is 0. The number of nitrogens with zero attached hydrogens (tertiary/aromatic N) is 2. The summed E-state index contributed by atoms with van der Waals surface area (Å²) in [4.78, 5) is 12.4. The van der Waals surface area contributed by atoms with Gasteiger partial charge in [0.2, 0.25) is 0 Å². The molecule has 3 N–H and O–H groups in total. The minimum absolute atomic E-state index is 0.0268. The molecular weight excluding hydrogens is 276 g/mol. The number of benzene rings is 1. The number of aromatic nitrogens is 2. The highest BCUT2D eigenvalue weighted by Crippen LogP contribution is 2.42. The molecule has 2 aromatic rings. The van der Waals surface area contributed by atoms with Gasteiger partial charge in [-0.3, -0.25) is 4.79 Å². The van der Waals surface area contributed by atoms with E-state index in [1.807, 2.05) is 35.0 Å². The highest BCUT2D eigenvalue weighted by atomic mass is 16.1. The lowest BCUT2D eigenvalue weighted by molar-refractivity contribution is 0.0952. The lowest BCUT2D eigenvalue weighted by Crippen LogP contribution is -2.25. The van der Waals surface area contributed by atoms with Gasteiger partial charge in [-0.25, -0.2) is 4.68 Å². The Kier molecular flexibility index (Phi) is 4.53. The second-order valence-electron chi connectivity index (χ2n) is 5.72. The van der Waals surface area contributed by atoms with Crippen LogP contribution < -0.4 is 11.1 Å². The van der Waals surface area contributed by atoms with Gasteiger partial charge in [0.25, 0.3) is 5.91 Å². The van der Waals surface area contributed by atoms with Crippen LogP contribution in [0.1, 0.15) is 47.7 Å². The number of amides is 1. The molecule has 1 saturated carbocycles. The summed E-state index contributed by atoms with van der Waals surface area (Å²) in [6, 6.07) is 9.99. The van der Waals surface area contributed by atoms with Crippen molar-refractivity contribution in [1.82, 2.24) is 15.1 Å². The van der Waals surface area contributed by atoms with Crippen molar-refractivity contribution in [2.24, 2.45) is 5.73 Å². The molecule has 5 nitrogen and oxygen atoms in total. The van der Waals surface area contributed by atoms with E-state index >= 15 is 0 Å². The topological polar surface area (TPSA) is 72.9 Å². The standard InChI is InChI=1S/C17H22N4O/c18-10-4-5-11-19-17(22)15-12-20-21(16(15)13-8-9-13)14-6-2-1-3-7-14/h1-3,6-7,12-13H,4-5,8-11,18H2,(H,19,22). The van der Waals surface area contributed by atoms with E-state index in [9.17, 15) is 4.79 Å². The van der Waals surface area contributed by atoms with Crippen molar-refractivity contribution in [2.75, 3.05) is 13.1 Å². The number of hydrogen-bond acceptors (Lipinski definition) is 3. The molecule has 5 heteroatoms. The second kappa shape index (κ2) is 6.75. The zero-order chi connectivity index (χ0) is 15.4. The highest BCUT2D eigenvalue weighted by Gasteiger charge is 2.32. The van der Waals surface area contributed by atoms with Crippen LogP contribution in [0.2, 0.25) is 0 Å². The SMILES string of the molecule is NCCCCNC(=O)c1cnn(-c2ccccc2)c1C1CC1. The molecule has 22 heavy (non-hydrogen) atoms. The largest absolute Gasteiger partial charge is 0.352 e. The Morgan fingerprint density at radius 2 is 2.05 bits per heavy atom. The van der Waals surface area contributed by atoms with Gasteiger partial charge in [0.1, 0.15) is 0 Å². The van der Waals surface area contributed by atoms with Gasteiger partial charge in [-0.1, -0.05) is 18.2 Å². The molecule has 1 aliphatic rings. The quantitative estimate of drug-likeness (QED) is 0.770. The van der Waals surface area contributed by atoms with E-state index in [1.165, 1.54) is 0 Å². The fourth-order valence-corrected chi connectivity index (χ4v) is 2.62. The maximum absolute atomic E-state index is 12.4. The monoisotopic (exact) mass is 298 g/mol. The van der Waals surface area contributed by atoms with Gasteiger partial charge in [0.15, 0.2) is 0 Å². The maximum Gasteiger partial charge on any atom is 0.254 e. The van der Waals surface area contributed by atoms with E-state index in [4.69, 9.17) is 5.73 Å². The number of carbonyl (C=O) groups is 1. The third-order valence-electron chi connectivity index (χ3n) is 3.93. The molecule has 0 bridgehead atoms. The first kappa shape index (κ1) is 14.8. The molecule has 0 radical (unpaired) electrons. The van der Waals surface area contributed by atoms with Crippen LogP contribution in [0.3, 0.4) is 0 Å². The van der Waals surface area contributed by atoms with Gasteiger partial charge in [-0.15, -0.1) is 0 Å². The minimum Gasteiger partial charge on any atom is -0.352 e. The summed E-state index contributed by atoms with van der Waals surface area (Å²) in [5.41, 5.74) is 8.23. The Hall–Kier alpha value is -2.14. The Balaban J connectivity index is 1.80. The Labute approximate surface area is 130 Å². The van der Waals surface area contributed by atoms with Crippen molar-refractivity contribution in [3.05, 3.63) is 47.8 Å². The van der Waals surface area contributed by atoms with Gasteiger partial charge in [-0.05, 0) is 44.4 Å². The fraction of sp³-hybridized carbons (Fsp3) is 0.412. The van der Waals surface area contributed by atoms with E-state index in [-0.39, 0.29) is 5.91 Å². The fourth-order valence-electron chi connectivity index (χ4n) is 2.62. The van der Waals surface area contributed by atoms with Gasteiger partial charge in [0.05, 0.1) is 23.1 Å². The molecule has 1 aromatic heterocycles. The van der Waals surface area contributed by atoms with E-state index in [2.05, 4.69) is 10.4 Å². The van der Waals surface area contributed by atoms with Crippen LogP contribution >= 0.6 is 0 Å². The minimum atomic E-state index is -0.0268. The maximum atomic E-state index is 12.4. The molecule has 1 aromatic carbocycles. The number of hydrogen-bond donors (Lipinski definition) is 2. The molecular formula is C17H22N4O. The van der Waals surface area contributed by atoms with Crippen molar-refractivity contribution >= 4 is 5.91 Å². The summed E-state index contributed by atoms with van der Waals surface area (Å²) in [6.07, 6.45) is 5.80. The average molecular weight is 298 g/mol. The molecule has 0 unspecified atom stereocenters. The summed E-state index contributed by atoms with van der Waals surface area (Å²) in [7, 11) is 0. The molecule has 0 aliphatic heterocycles. The predicted octanol–water partition coefficient (Wildman–Crippen LogP) is 2.22. The summed E-state index contributed by atoms with van der Waals surface area (Å²) in [5.74, 6) is 0.425. The third kappa shape index (κ3) is 3.20. The number of nitrogens with one attached hydrogen (secondary N) is 1. The molecule has 1 fully saturated rings. The molecule has 3 rings (SSSR count). The van der Waals surface area contributed by atoms with Gasteiger partial charge in [0, 0.05) is 12.5 Å². The van der Waals surface area contributed by atoms with Crippen LogP contribution in [0, 0.1) is 0 Å². The van der Waals surface area contributed by atoms with E-state index in [0.717, 1.165) is 37.1 Å². The van der Waals surface area contributed by atoms with Crippen LogP contribution in [-0.4, -0.2) is 28.8 Å². The van der Waals surface area contributed by atoms with E-state index in [1.54, 1.807) is 6.20 Å². The molecule has 116 valence electrons. The normalized spacial score (nSPS) is 14.0. The predicted molar refractivity (Wildman–Crippen MR) is 86.2 cm³/mol. The molecule has 1 aliphatic carbocycles. The first-order valence-corrected chi connectivity index (χ1v) is 7.93. The van der Waals surface area contributed by atoms with Gasteiger partial charge in [-0.2, -0.15) is 5.10 Å². The smallest absolute Gasteiger partial charge is 0.254 e. The Bertz CT molecular complexity index is 631. The Morgan fingerprint density at radius 3 is 2.73 bits per heavy atom. The summed E-state index contributed by atoms with van der Waals surface area (Å²) < 4.78 is 1.91. The van der Waals surface area contributed by atoms with Crippen molar-refractivity contribution < 1.29 is 4.79 Å². The first-order valence-electron chi connectivity index (χ1n) is 7.93. The average Bonchev–Trinajstić information content (AvgIpc) is 3.30. The summed E-state index contributed by atoms with van der Waals surface area (Å²) in [6.45, 7) is 1.33. The van der Waals surface area contributed by atoms with Crippen molar-refractivity contribution in [3.8, 4) is 5.69 Å². The molecule has 0 spiro atoms. The highest BCUT2D eigenvalue weighted by molar-refractivity contribution is 5.95. The number of nitrogens with two attached hydrogens (primary N) is 1. The lowest BCUT2D eigenvalue weighted by atomic mass is 10.1. The third-order valence-corrected chi connectivity index (χ3v) is 3.93. The Morgan fingerprint density at radius 1 is 1.27 bits per heavy atom.